The summed E-state index contributed by atoms with van der Waals surface area (Å²) in [5.41, 5.74) is 2.04. The minimum atomic E-state index is -3.81. The third-order valence-corrected chi connectivity index (χ3v) is 6.17. The van der Waals surface area contributed by atoms with Gasteiger partial charge >= 0.3 is 0 Å². The first-order chi connectivity index (χ1) is 14.9. The molecule has 4 rings (SSSR count). The molecule has 0 aliphatic rings. The average Bonchev–Trinajstić information content (AvgIpc) is 3.14. The molecule has 4 aromatic rings. The molecule has 1 aromatic heterocycles. The summed E-state index contributed by atoms with van der Waals surface area (Å²) in [5, 5.41) is 0.554. The Hall–Kier alpha value is -3.58. The topological polar surface area (TPSA) is 85.6 Å². The van der Waals surface area contributed by atoms with Crippen molar-refractivity contribution >= 4 is 32.5 Å². The van der Waals surface area contributed by atoms with Crippen LogP contribution in [0.2, 0.25) is 0 Å². The van der Waals surface area contributed by atoms with E-state index >= 15 is 0 Å². The highest BCUT2D eigenvalue weighted by Gasteiger charge is 2.21. The zero-order chi connectivity index (χ0) is 22.0. The van der Waals surface area contributed by atoms with Crippen LogP contribution in [0.25, 0.3) is 22.3 Å². The van der Waals surface area contributed by atoms with Crippen LogP contribution in [0, 0.1) is 0 Å². The number of ketones is 1. The van der Waals surface area contributed by atoms with Gasteiger partial charge in [-0.05, 0) is 56.3 Å². The number of hydrogen-bond donors (Lipinski definition) is 1. The third kappa shape index (κ3) is 4.18. The summed E-state index contributed by atoms with van der Waals surface area (Å²) < 4.78 is 39.5. The van der Waals surface area contributed by atoms with E-state index in [0.717, 1.165) is 5.56 Å². The number of rotatable bonds is 7. The summed E-state index contributed by atoms with van der Waals surface area (Å²) in [4.78, 5) is 12.5. The number of furan rings is 1. The SMILES string of the molecule is CCOc1ccc(S(=O)(=O)Nc2ccc3oc(-c4ccccc4)c(C(C)=O)c3c2)cc1. The van der Waals surface area contributed by atoms with Crippen LogP contribution in [0.1, 0.15) is 24.2 Å². The number of sulfonamides is 1. The molecule has 1 N–H and O–H groups in total. The Morgan fingerprint density at radius 3 is 2.35 bits per heavy atom. The van der Waals surface area contributed by atoms with E-state index in [1.54, 1.807) is 30.3 Å². The highest BCUT2D eigenvalue weighted by molar-refractivity contribution is 7.92. The maximum Gasteiger partial charge on any atom is 0.261 e. The number of anilines is 1. The van der Waals surface area contributed by atoms with Gasteiger partial charge in [0.05, 0.1) is 17.1 Å². The molecule has 0 saturated heterocycles. The molecular formula is C24H21NO5S. The number of Topliss-reactive ketones (excluding diaryl/α,β-unsaturated/α-hetero) is 1. The average molecular weight is 436 g/mol. The molecule has 6 nitrogen and oxygen atoms in total. The summed E-state index contributed by atoms with van der Waals surface area (Å²) in [6, 6.07) is 20.4. The van der Waals surface area contributed by atoms with E-state index in [1.165, 1.54) is 19.1 Å². The fraction of sp³-hybridized carbons (Fsp3) is 0.125. The molecule has 0 unspecified atom stereocenters. The Bertz CT molecular complexity index is 1340. The molecule has 0 bridgehead atoms. The second-order valence-electron chi connectivity index (χ2n) is 6.95. The summed E-state index contributed by atoms with van der Waals surface area (Å²) >= 11 is 0. The van der Waals surface area contributed by atoms with Crippen LogP contribution in [-0.2, 0) is 10.0 Å². The summed E-state index contributed by atoms with van der Waals surface area (Å²) in [6.45, 7) is 3.82. The van der Waals surface area contributed by atoms with Crippen molar-refractivity contribution in [2.75, 3.05) is 11.3 Å². The van der Waals surface area contributed by atoms with Crippen LogP contribution in [-0.4, -0.2) is 20.8 Å². The quantitative estimate of drug-likeness (QED) is 0.387. The van der Waals surface area contributed by atoms with E-state index in [2.05, 4.69) is 4.72 Å². The van der Waals surface area contributed by atoms with Crippen molar-refractivity contribution in [3.8, 4) is 17.1 Å². The van der Waals surface area contributed by atoms with Crippen molar-refractivity contribution in [1.29, 1.82) is 0 Å². The standard InChI is InChI=1S/C24H21NO5S/c1-3-29-19-10-12-20(13-11-19)31(27,28)25-18-9-14-22-21(15-18)23(16(2)26)24(30-22)17-7-5-4-6-8-17/h4-15,25H,3H2,1-2H3. The third-order valence-electron chi connectivity index (χ3n) is 4.77. The smallest absolute Gasteiger partial charge is 0.261 e. The maximum atomic E-state index is 12.8. The van der Waals surface area contributed by atoms with Crippen LogP contribution in [0.5, 0.6) is 5.75 Å². The lowest BCUT2D eigenvalue weighted by molar-refractivity contribution is 0.101. The van der Waals surface area contributed by atoms with Gasteiger partial charge in [0.1, 0.15) is 17.1 Å². The van der Waals surface area contributed by atoms with Crippen molar-refractivity contribution in [3.05, 3.63) is 78.4 Å². The zero-order valence-corrected chi connectivity index (χ0v) is 17.9. The van der Waals surface area contributed by atoms with Crippen molar-refractivity contribution in [1.82, 2.24) is 0 Å². The van der Waals surface area contributed by atoms with E-state index in [4.69, 9.17) is 9.15 Å². The highest BCUT2D eigenvalue weighted by Crippen LogP contribution is 2.35. The van der Waals surface area contributed by atoms with Crippen molar-refractivity contribution in [3.63, 3.8) is 0 Å². The van der Waals surface area contributed by atoms with Gasteiger partial charge in [-0.3, -0.25) is 9.52 Å². The van der Waals surface area contributed by atoms with Crippen LogP contribution in [0.4, 0.5) is 5.69 Å². The first-order valence-electron chi connectivity index (χ1n) is 9.77. The molecule has 0 fully saturated rings. The van der Waals surface area contributed by atoms with Crippen molar-refractivity contribution in [2.24, 2.45) is 0 Å². The lowest BCUT2D eigenvalue weighted by Gasteiger charge is -2.09. The Morgan fingerprint density at radius 1 is 1.00 bits per heavy atom. The van der Waals surface area contributed by atoms with Gasteiger partial charge in [0.15, 0.2) is 5.78 Å². The predicted octanol–water partition coefficient (Wildman–Crippen LogP) is 5.50. The zero-order valence-electron chi connectivity index (χ0n) is 17.1. The number of carbonyl (C=O) groups excluding carboxylic acids is 1. The minimum absolute atomic E-state index is 0.111. The Balaban J connectivity index is 1.72. The Labute approximate surface area is 180 Å². The first kappa shape index (κ1) is 20.7. The number of carbonyl (C=O) groups is 1. The van der Waals surface area contributed by atoms with Gasteiger partial charge in [0.2, 0.25) is 0 Å². The second-order valence-corrected chi connectivity index (χ2v) is 8.63. The summed E-state index contributed by atoms with van der Waals surface area (Å²) in [7, 11) is -3.81. The molecule has 1 heterocycles. The Kier molecular flexibility index (Phi) is 5.52. The molecule has 0 atom stereocenters. The van der Waals surface area contributed by atoms with Crippen molar-refractivity contribution in [2.45, 2.75) is 18.7 Å². The number of fused-ring (bicyclic) bond motifs is 1. The molecule has 31 heavy (non-hydrogen) atoms. The van der Waals surface area contributed by atoms with E-state index in [-0.39, 0.29) is 10.7 Å². The number of hydrogen-bond acceptors (Lipinski definition) is 5. The lowest BCUT2D eigenvalue weighted by atomic mass is 10.0. The van der Waals surface area contributed by atoms with Crippen LogP contribution in [0.15, 0.2) is 82.1 Å². The fourth-order valence-electron chi connectivity index (χ4n) is 3.40. The van der Waals surface area contributed by atoms with E-state index in [0.29, 0.717) is 40.3 Å². The predicted molar refractivity (Wildman–Crippen MR) is 120 cm³/mol. The van der Waals surface area contributed by atoms with Gasteiger partial charge in [-0.25, -0.2) is 8.42 Å². The second kappa shape index (κ2) is 8.28. The van der Waals surface area contributed by atoms with E-state index in [9.17, 15) is 13.2 Å². The molecule has 0 aliphatic heterocycles. The van der Waals surface area contributed by atoms with Crippen LogP contribution < -0.4 is 9.46 Å². The number of ether oxygens (including phenoxy) is 1. The van der Waals surface area contributed by atoms with Gasteiger partial charge in [-0.15, -0.1) is 0 Å². The highest BCUT2D eigenvalue weighted by atomic mass is 32.2. The maximum absolute atomic E-state index is 12.8. The van der Waals surface area contributed by atoms with Crippen molar-refractivity contribution < 1.29 is 22.4 Å². The van der Waals surface area contributed by atoms with E-state index in [1.807, 2.05) is 37.3 Å². The largest absolute Gasteiger partial charge is 0.494 e. The monoisotopic (exact) mass is 435 g/mol. The van der Waals surface area contributed by atoms with Crippen LogP contribution >= 0.6 is 0 Å². The van der Waals surface area contributed by atoms with Gasteiger partial charge < -0.3 is 9.15 Å². The van der Waals surface area contributed by atoms with E-state index < -0.39 is 10.0 Å². The normalized spacial score (nSPS) is 11.4. The molecule has 0 aliphatic carbocycles. The minimum Gasteiger partial charge on any atom is -0.494 e. The fourth-order valence-corrected chi connectivity index (χ4v) is 4.45. The number of benzene rings is 3. The van der Waals surface area contributed by atoms with Gasteiger partial charge in [0.25, 0.3) is 10.0 Å². The molecular weight excluding hydrogens is 414 g/mol. The molecule has 0 spiro atoms. The Morgan fingerprint density at radius 2 is 1.71 bits per heavy atom. The molecule has 7 heteroatoms. The van der Waals surface area contributed by atoms with Crippen LogP contribution in [0.3, 0.4) is 0 Å². The van der Waals surface area contributed by atoms with Gasteiger partial charge in [-0.2, -0.15) is 0 Å². The molecule has 158 valence electrons. The van der Waals surface area contributed by atoms with Gasteiger partial charge in [0, 0.05) is 16.6 Å². The molecule has 3 aromatic carbocycles. The lowest BCUT2D eigenvalue weighted by Crippen LogP contribution is -2.12. The van der Waals surface area contributed by atoms with Gasteiger partial charge in [-0.1, -0.05) is 30.3 Å². The molecule has 0 radical (unpaired) electrons. The molecule has 0 amide bonds. The molecule has 0 saturated carbocycles. The summed E-state index contributed by atoms with van der Waals surface area (Å²) in [5.74, 6) is 0.902. The summed E-state index contributed by atoms with van der Waals surface area (Å²) in [6.07, 6.45) is 0. The number of nitrogens with one attached hydrogen (secondary N) is 1. The first-order valence-corrected chi connectivity index (χ1v) is 11.3.